The quantitative estimate of drug-likeness (QED) is 0.131. The molecule has 4 amide bonds. The van der Waals surface area contributed by atoms with E-state index in [9.17, 15) is 19.2 Å². The van der Waals surface area contributed by atoms with Crippen molar-refractivity contribution in [1.82, 2.24) is 50.0 Å². The molecule has 2 unspecified atom stereocenters. The lowest BCUT2D eigenvalue weighted by Gasteiger charge is -2.43. The molecule has 4 fully saturated rings. The Morgan fingerprint density at radius 1 is 1.01 bits per heavy atom. The number of hydrogen-bond donors (Lipinski definition) is 2. The van der Waals surface area contributed by atoms with Gasteiger partial charge in [-0.1, -0.05) is 39.8 Å². The van der Waals surface area contributed by atoms with Gasteiger partial charge in [-0.3, -0.25) is 34.3 Å². The number of fused-ring (bicyclic) bond motifs is 8. The van der Waals surface area contributed by atoms with Crippen molar-refractivity contribution in [1.29, 1.82) is 0 Å². The van der Waals surface area contributed by atoms with E-state index in [1.807, 2.05) is 25.4 Å². The van der Waals surface area contributed by atoms with Crippen LogP contribution in [0.2, 0.25) is 0 Å². The van der Waals surface area contributed by atoms with Gasteiger partial charge >= 0.3 is 12.0 Å². The van der Waals surface area contributed by atoms with Crippen LogP contribution in [0.5, 0.6) is 0 Å². The molecule has 5 aromatic rings. The summed E-state index contributed by atoms with van der Waals surface area (Å²) in [6, 6.07) is 10.4. The van der Waals surface area contributed by atoms with Crippen LogP contribution in [0.3, 0.4) is 0 Å². The molecule has 404 valence electrons. The summed E-state index contributed by atoms with van der Waals surface area (Å²) in [7, 11) is 3.30. The highest BCUT2D eigenvalue weighted by atomic mass is 32.1. The number of esters is 1. The Labute approximate surface area is 448 Å². The molecular formula is C57H72FN11O6S. The fourth-order valence-corrected chi connectivity index (χ4v) is 13.8. The maximum absolute atomic E-state index is 16.0. The van der Waals surface area contributed by atoms with E-state index >= 15 is 4.39 Å². The van der Waals surface area contributed by atoms with Crippen molar-refractivity contribution < 1.29 is 33.0 Å². The second kappa shape index (κ2) is 21.1. The van der Waals surface area contributed by atoms with Crippen LogP contribution >= 0.6 is 11.3 Å². The zero-order chi connectivity index (χ0) is 53.2. The fraction of sp³-hybridized carbons (Fsp3) is 0.561. The van der Waals surface area contributed by atoms with E-state index in [-0.39, 0.29) is 37.1 Å². The number of cyclic esters (lactones) is 1. The number of urea groups is 1. The van der Waals surface area contributed by atoms with Crippen LogP contribution in [0.25, 0.3) is 33.4 Å². The number of pyridine rings is 2. The number of thiazole rings is 1. The summed E-state index contributed by atoms with van der Waals surface area (Å²) in [5, 5.41) is 8.12. The third-order valence-electron chi connectivity index (χ3n) is 16.9. The number of amides is 4. The number of likely N-dealkylation sites (tertiary alicyclic amines) is 1. The van der Waals surface area contributed by atoms with Gasteiger partial charge < -0.3 is 34.1 Å². The number of ether oxygens (including phenoxy) is 2. The Kier molecular flexibility index (Phi) is 14.4. The van der Waals surface area contributed by atoms with Gasteiger partial charge in [-0.15, -0.1) is 11.3 Å². The number of carbonyl (C=O) groups excluding carboxylic acids is 4. The minimum Gasteiger partial charge on any atom is -0.464 e. The third-order valence-corrected chi connectivity index (χ3v) is 17.8. The molecule has 17 nitrogen and oxygen atoms in total. The molecule has 0 spiro atoms. The van der Waals surface area contributed by atoms with Gasteiger partial charge in [-0.25, -0.2) is 19.6 Å². The van der Waals surface area contributed by atoms with Crippen LogP contribution in [0.4, 0.5) is 14.9 Å². The lowest BCUT2D eigenvalue weighted by Crippen LogP contribution is -2.62. The number of rotatable bonds is 10. The first-order valence-corrected chi connectivity index (χ1v) is 28.3. The molecule has 76 heavy (non-hydrogen) atoms. The third kappa shape index (κ3) is 9.63. The molecule has 1 aromatic carbocycles. The van der Waals surface area contributed by atoms with E-state index in [1.165, 1.54) is 45.2 Å². The molecule has 6 aliphatic rings. The average Bonchev–Trinajstić information content (AvgIpc) is 3.89. The van der Waals surface area contributed by atoms with Crippen LogP contribution in [0, 0.1) is 11.3 Å². The maximum Gasteiger partial charge on any atom is 0.324 e. The number of piperazine rings is 1. The fourth-order valence-electron chi connectivity index (χ4n) is 12.9. The van der Waals surface area contributed by atoms with Gasteiger partial charge in [0, 0.05) is 117 Å². The predicted octanol–water partition coefficient (Wildman–Crippen LogP) is 7.67. The van der Waals surface area contributed by atoms with Crippen molar-refractivity contribution in [2.45, 2.75) is 135 Å². The number of carbonyl (C=O) groups is 4. The summed E-state index contributed by atoms with van der Waals surface area (Å²) in [4.78, 5) is 80.9. The van der Waals surface area contributed by atoms with Gasteiger partial charge in [-0.2, -0.15) is 0 Å². The first kappa shape index (κ1) is 52.1. The van der Waals surface area contributed by atoms with Gasteiger partial charge in [0.2, 0.25) is 5.91 Å². The van der Waals surface area contributed by atoms with E-state index in [0.29, 0.717) is 43.8 Å². The molecule has 2 aliphatic carbocycles. The number of aromatic nitrogens is 4. The number of methoxy groups -OCH3 is 1. The normalized spacial score (nSPS) is 24.8. The van der Waals surface area contributed by atoms with Crippen LogP contribution in [-0.2, 0) is 36.8 Å². The molecule has 1 saturated carbocycles. The summed E-state index contributed by atoms with van der Waals surface area (Å²) in [6.45, 7) is 15.4. The van der Waals surface area contributed by atoms with Crippen molar-refractivity contribution in [3.63, 3.8) is 0 Å². The van der Waals surface area contributed by atoms with E-state index < -0.39 is 65.7 Å². The number of nitrogens with one attached hydrogen (secondary N) is 2. The van der Waals surface area contributed by atoms with Crippen molar-refractivity contribution in [3.8, 4) is 22.5 Å². The van der Waals surface area contributed by atoms with Crippen LogP contribution in [-0.4, -0.2) is 153 Å². The molecule has 0 radical (unpaired) electrons. The summed E-state index contributed by atoms with van der Waals surface area (Å²) >= 11 is 1.41. The number of aryl methyl sites for hydroxylation is 1. The summed E-state index contributed by atoms with van der Waals surface area (Å²) in [5.74, 6) is -2.14. The SMILES string of the molecule is CCn1c2c3c4cc(ccc41)-c1csc(n1)C[C@H](NC(=O)[C@H](C(C)C)N(C)C(=O)N1CCC[C@H]1C(F)c1ccccn1)C(=O)N1CCC[C@H](N1)C(=O)OCC(C)(C)C3[C@H](OC)c1ncc(N3CCN(C4CC4)CC3)cc1-2. The smallest absolute Gasteiger partial charge is 0.324 e. The van der Waals surface area contributed by atoms with Crippen molar-refractivity contribution in [2.75, 3.05) is 64.9 Å². The Balaban J connectivity index is 0.942. The predicted molar refractivity (Wildman–Crippen MR) is 289 cm³/mol. The number of hydrazine groups is 1. The van der Waals surface area contributed by atoms with Crippen LogP contribution < -0.4 is 15.6 Å². The maximum atomic E-state index is 16.0. The Morgan fingerprint density at radius 2 is 1.80 bits per heavy atom. The van der Waals surface area contributed by atoms with Gasteiger partial charge in [-0.05, 0) is 87.3 Å². The topological polar surface area (TPSA) is 171 Å². The second-order valence-corrected chi connectivity index (χ2v) is 23.6. The van der Waals surface area contributed by atoms with Gasteiger partial charge in [0.1, 0.15) is 24.2 Å². The molecule has 3 saturated heterocycles. The highest BCUT2D eigenvalue weighted by Crippen LogP contribution is 2.57. The Bertz CT molecular complexity index is 2990. The number of anilines is 1. The van der Waals surface area contributed by atoms with Crippen LogP contribution in [0.1, 0.15) is 113 Å². The second-order valence-electron chi connectivity index (χ2n) is 22.7. The van der Waals surface area contributed by atoms with E-state index in [4.69, 9.17) is 19.4 Å². The molecule has 4 aliphatic heterocycles. The first-order chi connectivity index (χ1) is 36.6. The highest BCUT2D eigenvalue weighted by Gasteiger charge is 2.49. The Morgan fingerprint density at radius 3 is 2.53 bits per heavy atom. The van der Waals surface area contributed by atoms with E-state index in [2.05, 4.69) is 75.1 Å². The number of alkyl halides is 1. The lowest BCUT2D eigenvalue weighted by atomic mass is 9.67. The van der Waals surface area contributed by atoms with Gasteiger partial charge in [0.05, 0.1) is 52.3 Å². The first-order valence-electron chi connectivity index (χ1n) is 27.4. The van der Waals surface area contributed by atoms with E-state index in [1.54, 1.807) is 32.4 Å². The zero-order valence-electron chi connectivity index (χ0n) is 44.8. The van der Waals surface area contributed by atoms with Gasteiger partial charge in [0.25, 0.3) is 5.91 Å². The number of nitrogens with zero attached hydrogens (tertiary/aromatic N) is 9. The number of hydrogen-bond acceptors (Lipinski definition) is 13. The molecule has 8 heterocycles. The van der Waals surface area contributed by atoms with Gasteiger partial charge in [0.15, 0.2) is 6.17 Å². The molecule has 6 bridgehead atoms. The molecule has 4 aromatic heterocycles. The number of likely N-dealkylation sites (N-methyl/N-ethyl adjacent to an activating group) is 1. The molecule has 2 N–H and O–H groups in total. The largest absolute Gasteiger partial charge is 0.464 e. The monoisotopic (exact) mass is 1060 g/mol. The summed E-state index contributed by atoms with van der Waals surface area (Å²) in [6.07, 6.45) is 6.23. The lowest BCUT2D eigenvalue weighted by molar-refractivity contribution is -0.156. The molecule has 7 atom stereocenters. The van der Waals surface area contributed by atoms with Crippen molar-refractivity contribution >= 4 is 51.7 Å². The Hall–Kier alpha value is -6.02. The average molecular weight is 1060 g/mol. The zero-order valence-corrected chi connectivity index (χ0v) is 45.7. The minimum atomic E-state index is -1.50. The standard InChI is InChI=1S/C57H72FN11O6S/c1-8-67-43-19-16-34-27-37(43)46-47(52(74-7)49-38(51(46)67)28-36(30-60-49)66-25-23-65(24-26-66)35-17-18-35)57(4,5)32-75-55(72)40-14-11-22-69(63-40)54(71)41(29-45-61-42(34)31-76-45)62-53(70)50(33(2)3)64(6)56(73)68-21-12-15-44(68)48(58)39-13-9-10-20-59-39/h9-10,13,16,19-20,27-28,30-31,33,35,40-41,44,47-48,50,52,63H,8,11-12,14-15,17-18,21-26,29,32H2,1-7H3,(H,62,70)/t40-,41-,44-,47?,48?,50-,52-/m0/s1. The van der Waals surface area contributed by atoms with E-state index in [0.717, 1.165) is 82.6 Å². The number of benzene rings is 1. The summed E-state index contributed by atoms with van der Waals surface area (Å²) < 4.78 is 31.3. The molecular weight excluding hydrogens is 986 g/mol. The molecule has 19 heteroatoms. The molecule has 11 rings (SSSR count). The van der Waals surface area contributed by atoms with Crippen molar-refractivity contribution in [3.05, 3.63) is 82.2 Å². The number of halogens is 1. The van der Waals surface area contributed by atoms with Crippen LogP contribution in [0.15, 0.2) is 60.2 Å². The highest BCUT2D eigenvalue weighted by molar-refractivity contribution is 7.10. The minimum absolute atomic E-state index is 0.0458. The summed E-state index contributed by atoms with van der Waals surface area (Å²) in [5.41, 5.74) is 10.6. The van der Waals surface area contributed by atoms with Crippen molar-refractivity contribution in [2.24, 2.45) is 11.3 Å².